The number of hydrogen-bond acceptors (Lipinski definition) is 2. The van der Waals surface area contributed by atoms with Crippen LogP contribution in [0.15, 0.2) is 11.6 Å². The molecule has 3 heteroatoms. The smallest absolute Gasteiger partial charge is 0.331 e. The minimum absolute atomic E-state index is 0.0733. The number of aliphatic carboxylic acids is 1. The van der Waals surface area contributed by atoms with E-state index in [-0.39, 0.29) is 6.10 Å². The van der Waals surface area contributed by atoms with Crippen LogP contribution in [-0.2, 0) is 9.53 Å². The van der Waals surface area contributed by atoms with Crippen LogP contribution < -0.4 is 0 Å². The molecule has 84 valence electrons. The molecule has 1 aliphatic heterocycles. The topological polar surface area (TPSA) is 49.8 Å². The van der Waals surface area contributed by atoms with Crippen molar-refractivity contribution in [2.24, 2.45) is 5.92 Å². The molecule has 2 unspecified atom stereocenters. The zero-order chi connectivity index (χ0) is 10.8. The van der Waals surface area contributed by atoms with E-state index in [4.69, 9.17) is 9.84 Å². The van der Waals surface area contributed by atoms with Crippen molar-refractivity contribution in [3.8, 4) is 0 Å². The number of epoxide rings is 1. The van der Waals surface area contributed by atoms with E-state index in [2.05, 4.69) is 0 Å². The van der Waals surface area contributed by atoms with Crippen LogP contribution in [0, 0.1) is 5.92 Å². The van der Waals surface area contributed by atoms with E-state index in [1.54, 1.807) is 13.0 Å². The molecule has 0 spiro atoms. The van der Waals surface area contributed by atoms with Gasteiger partial charge in [0, 0.05) is 5.57 Å². The predicted octanol–water partition coefficient (Wildman–Crippen LogP) is 2.37. The Balaban J connectivity index is 1.84. The van der Waals surface area contributed by atoms with Gasteiger partial charge in [-0.15, -0.1) is 0 Å². The highest BCUT2D eigenvalue weighted by Gasteiger charge is 2.43. The SMILES string of the molecule is CC(=CC1OC1C1CCCCC1)C(=O)O. The largest absolute Gasteiger partial charge is 0.478 e. The molecule has 1 heterocycles. The zero-order valence-corrected chi connectivity index (χ0v) is 9.11. The van der Waals surface area contributed by atoms with Gasteiger partial charge in [-0.25, -0.2) is 4.79 Å². The lowest BCUT2D eigenvalue weighted by molar-refractivity contribution is -0.132. The fourth-order valence-corrected chi connectivity index (χ4v) is 2.43. The van der Waals surface area contributed by atoms with E-state index < -0.39 is 5.97 Å². The van der Waals surface area contributed by atoms with Crippen LogP contribution >= 0.6 is 0 Å². The first-order chi connectivity index (χ1) is 7.18. The van der Waals surface area contributed by atoms with Crippen molar-refractivity contribution < 1.29 is 14.6 Å². The van der Waals surface area contributed by atoms with Gasteiger partial charge in [-0.2, -0.15) is 0 Å². The molecule has 1 saturated carbocycles. The Morgan fingerprint density at radius 3 is 2.60 bits per heavy atom. The standard InChI is InChI=1S/C12H18O3/c1-8(12(13)14)7-10-11(15-10)9-5-3-2-4-6-9/h7,9-11H,2-6H2,1H3,(H,13,14). The monoisotopic (exact) mass is 210 g/mol. The minimum Gasteiger partial charge on any atom is -0.478 e. The molecule has 2 fully saturated rings. The van der Waals surface area contributed by atoms with Crippen molar-refractivity contribution in [2.45, 2.75) is 51.2 Å². The summed E-state index contributed by atoms with van der Waals surface area (Å²) in [7, 11) is 0. The molecule has 0 bridgehead atoms. The number of carbonyl (C=O) groups is 1. The highest BCUT2D eigenvalue weighted by molar-refractivity contribution is 5.85. The molecule has 0 aromatic heterocycles. The van der Waals surface area contributed by atoms with Gasteiger partial charge in [0.1, 0.15) is 6.10 Å². The molecule has 0 radical (unpaired) electrons. The Bertz CT molecular complexity index is 277. The fraction of sp³-hybridized carbons (Fsp3) is 0.750. The molecular weight excluding hydrogens is 192 g/mol. The van der Waals surface area contributed by atoms with Gasteiger partial charge in [-0.3, -0.25) is 0 Å². The molecule has 2 atom stereocenters. The average Bonchev–Trinajstić information content (AvgIpc) is 2.98. The number of ether oxygens (including phenoxy) is 1. The summed E-state index contributed by atoms with van der Waals surface area (Å²) in [6.07, 6.45) is 8.59. The number of carboxylic acids is 1. The summed E-state index contributed by atoms with van der Waals surface area (Å²) >= 11 is 0. The van der Waals surface area contributed by atoms with Gasteiger partial charge in [0.15, 0.2) is 0 Å². The van der Waals surface area contributed by atoms with Crippen LogP contribution in [-0.4, -0.2) is 23.3 Å². The second-order valence-corrected chi connectivity index (χ2v) is 4.62. The maximum absolute atomic E-state index is 10.6. The Kier molecular flexibility index (Phi) is 3.10. The first kappa shape index (κ1) is 10.7. The van der Waals surface area contributed by atoms with Crippen LogP contribution in [0.5, 0.6) is 0 Å². The van der Waals surface area contributed by atoms with E-state index in [1.807, 2.05) is 0 Å². The Hall–Kier alpha value is -0.830. The molecule has 2 aliphatic rings. The van der Waals surface area contributed by atoms with E-state index in [0.717, 1.165) is 0 Å². The van der Waals surface area contributed by atoms with Crippen molar-refractivity contribution in [3.05, 3.63) is 11.6 Å². The molecule has 3 nitrogen and oxygen atoms in total. The van der Waals surface area contributed by atoms with Gasteiger partial charge in [-0.05, 0) is 31.8 Å². The first-order valence-electron chi connectivity index (χ1n) is 5.75. The Labute approximate surface area is 90.1 Å². The van der Waals surface area contributed by atoms with Gasteiger partial charge >= 0.3 is 5.97 Å². The van der Waals surface area contributed by atoms with Gasteiger partial charge < -0.3 is 9.84 Å². The second-order valence-electron chi connectivity index (χ2n) is 4.62. The van der Waals surface area contributed by atoms with E-state index >= 15 is 0 Å². The van der Waals surface area contributed by atoms with Crippen molar-refractivity contribution in [2.75, 3.05) is 0 Å². The first-order valence-corrected chi connectivity index (χ1v) is 5.75. The van der Waals surface area contributed by atoms with Crippen molar-refractivity contribution in [1.29, 1.82) is 0 Å². The third-order valence-corrected chi connectivity index (χ3v) is 3.43. The summed E-state index contributed by atoms with van der Waals surface area (Å²) in [6, 6.07) is 0. The quantitative estimate of drug-likeness (QED) is 0.574. The Morgan fingerprint density at radius 1 is 1.33 bits per heavy atom. The maximum Gasteiger partial charge on any atom is 0.331 e. The summed E-state index contributed by atoms with van der Waals surface area (Å²) in [5, 5.41) is 8.73. The average molecular weight is 210 g/mol. The molecule has 1 saturated heterocycles. The lowest BCUT2D eigenvalue weighted by Crippen LogP contribution is -2.14. The number of hydrogen-bond donors (Lipinski definition) is 1. The Morgan fingerprint density at radius 2 is 2.00 bits per heavy atom. The van der Waals surface area contributed by atoms with Crippen LogP contribution in [0.2, 0.25) is 0 Å². The maximum atomic E-state index is 10.6. The van der Waals surface area contributed by atoms with E-state index in [0.29, 0.717) is 17.6 Å². The summed E-state index contributed by atoms with van der Waals surface area (Å²) < 4.78 is 5.54. The van der Waals surface area contributed by atoms with E-state index in [9.17, 15) is 4.79 Å². The summed E-state index contributed by atoms with van der Waals surface area (Å²) in [5.41, 5.74) is 0.401. The summed E-state index contributed by atoms with van der Waals surface area (Å²) in [5.74, 6) is -0.172. The summed E-state index contributed by atoms with van der Waals surface area (Å²) in [6.45, 7) is 1.63. The third-order valence-electron chi connectivity index (χ3n) is 3.43. The van der Waals surface area contributed by atoms with Crippen LogP contribution in [0.4, 0.5) is 0 Å². The molecule has 0 aromatic rings. The molecule has 1 aliphatic carbocycles. The highest BCUT2D eigenvalue weighted by Crippen LogP contribution is 2.39. The number of carboxylic acid groups (broad SMARTS) is 1. The minimum atomic E-state index is -0.840. The molecular formula is C12H18O3. The lowest BCUT2D eigenvalue weighted by Gasteiger charge is -2.19. The molecule has 0 aromatic carbocycles. The third kappa shape index (κ3) is 2.59. The van der Waals surface area contributed by atoms with Crippen molar-refractivity contribution >= 4 is 5.97 Å². The van der Waals surface area contributed by atoms with Gasteiger partial charge in [0.05, 0.1) is 6.10 Å². The molecule has 0 amide bonds. The predicted molar refractivity (Wildman–Crippen MR) is 56.6 cm³/mol. The second kappa shape index (κ2) is 4.35. The van der Waals surface area contributed by atoms with E-state index in [1.165, 1.54) is 32.1 Å². The normalized spacial score (nSPS) is 32.7. The van der Waals surface area contributed by atoms with Crippen molar-refractivity contribution in [1.82, 2.24) is 0 Å². The number of rotatable bonds is 3. The van der Waals surface area contributed by atoms with Gasteiger partial charge in [-0.1, -0.05) is 19.3 Å². The lowest BCUT2D eigenvalue weighted by atomic mass is 9.86. The van der Waals surface area contributed by atoms with Crippen LogP contribution in [0.3, 0.4) is 0 Å². The zero-order valence-electron chi connectivity index (χ0n) is 9.11. The van der Waals surface area contributed by atoms with Gasteiger partial charge in [0.2, 0.25) is 0 Å². The summed E-state index contributed by atoms with van der Waals surface area (Å²) in [4.78, 5) is 10.6. The van der Waals surface area contributed by atoms with Crippen molar-refractivity contribution in [3.63, 3.8) is 0 Å². The molecule has 15 heavy (non-hydrogen) atoms. The van der Waals surface area contributed by atoms with Crippen LogP contribution in [0.1, 0.15) is 39.0 Å². The fourth-order valence-electron chi connectivity index (χ4n) is 2.43. The molecule has 1 N–H and O–H groups in total. The molecule has 2 rings (SSSR count). The highest BCUT2D eigenvalue weighted by atomic mass is 16.6. The van der Waals surface area contributed by atoms with Gasteiger partial charge in [0.25, 0.3) is 0 Å². The van der Waals surface area contributed by atoms with Crippen LogP contribution in [0.25, 0.3) is 0 Å².